The van der Waals surface area contributed by atoms with E-state index in [-0.39, 0.29) is 22.6 Å². The second-order valence-corrected chi connectivity index (χ2v) is 5.36. The van der Waals surface area contributed by atoms with E-state index in [0.29, 0.717) is 12.5 Å². The minimum absolute atomic E-state index is 0.0473. The fourth-order valence-electron chi connectivity index (χ4n) is 1.63. The van der Waals surface area contributed by atoms with E-state index >= 15 is 0 Å². The first-order valence-electron chi connectivity index (χ1n) is 5.82. The first-order valence-corrected chi connectivity index (χ1v) is 6.61. The van der Waals surface area contributed by atoms with Crippen molar-refractivity contribution >= 4 is 15.9 Å². The average Bonchev–Trinajstić information content (AvgIpc) is 2.32. The van der Waals surface area contributed by atoms with Crippen molar-refractivity contribution in [3.8, 4) is 0 Å². The first-order chi connectivity index (χ1) is 8.47. The summed E-state index contributed by atoms with van der Waals surface area (Å²) in [7, 11) is 1.61. The second kappa shape index (κ2) is 7.16. The Hall–Kier alpha value is -0.520. The van der Waals surface area contributed by atoms with Crippen LogP contribution in [0.5, 0.6) is 0 Å². The van der Waals surface area contributed by atoms with Gasteiger partial charge in [-0.2, -0.15) is 0 Å². The standard InChI is InChI=1S/C13H18BrF2NO/c1-8(2)12(7-18-3)17-6-9-11(15)5-4-10(14)13(9)16/h4-5,8,12,17H,6-7H2,1-3H3. The third-order valence-corrected chi connectivity index (χ3v) is 3.44. The number of ether oxygens (including phenoxy) is 1. The maximum atomic E-state index is 13.7. The molecule has 1 rings (SSSR count). The minimum atomic E-state index is -0.553. The van der Waals surface area contributed by atoms with Gasteiger partial charge in [-0.25, -0.2) is 8.78 Å². The Balaban J connectivity index is 2.76. The van der Waals surface area contributed by atoms with Crippen LogP contribution in [0.3, 0.4) is 0 Å². The highest BCUT2D eigenvalue weighted by atomic mass is 79.9. The molecular weight excluding hydrogens is 304 g/mol. The smallest absolute Gasteiger partial charge is 0.144 e. The number of nitrogens with one attached hydrogen (secondary N) is 1. The van der Waals surface area contributed by atoms with Crippen molar-refractivity contribution in [3.63, 3.8) is 0 Å². The number of hydrogen-bond donors (Lipinski definition) is 1. The Kier molecular flexibility index (Phi) is 6.18. The second-order valence-electron chi connectivity index (χ2n) is 4.51. The van der Waals surface area contributed by atoms with Crippen LogP contribution in [0.4, 0.5) is 8.78 Å². The van der Waals surface area contributed by atoms with Crippen LogP contribution in [0.2, 0.25) is 0 Å². The molecule has 0 fully saturated rings. The third-order valence-electron chi connectivity index (χ3n) is 2.83. The molecule has 1 aromatic rings. The van der Waals surface area contributed by atoms with Crippen molar-refractivity contribution < 1.29 is 13.5 Å². The van der Waals surface area contributed by atoms with Crippen LogP contribution in [-0.4, -0.2) is 19.8 Å². The topological polar surface area (TPSA) is 21.3 Å². The van der Waals surface area contributed by atoms with Gasteiger partial charge in [-0.05, 0) is 34.0 Å². The molecule has 0 aliphatic carbocycles. The van der Waals surface area contributed by atoms with E-state index in [1.54, 1.807) is 7.11 Å². The summed E-state index contributed by atoms with van der Waals surface area (Å²) in [6, 6.07) is 2.68. The Labute approximate surface area is 115 Å². The molecule has 0 spiro atoms. The van der Waals surface area contributed by atoms with E-state index in [9.17, 15) is 8.78 Å². The summed E-state index contributed by atoms with van der Waals surface area (Å²) in [6.07, 6.45) is 0. The number of hydrogen-bond acceptors (Lipinski definition) is 2. The highest BCUT2D eigenvalue weighted by molar-refractivity contribution is 9.10. The molecule has 0 amide bonds. The van der Waals surface area contributed by atoms with Crippen molar-refractivity contribution in [3.05, 3.63) is 33.8 Å². The van der Waals surface area contributed by atoms with Gasteiger partial charge in [0.1, 0.15) is 11.6 Å². The zero-order valence-electron chi connectivity index (χ0n) is 10.8. The molecule has 0 saturated carbocycles. The lowest BCUT2D eigenvalue weighted by Gasteiger charge is -2.22. The van der Waals surface area contributed by atoms with Crippen LogP contribution < -0.4 is 5.32 Å². The largest absolute Gasteiger partial charge is 0.383 e. The molecule has 0 saturated heterocycles. The van der Waals surface area contributed by atoms with Crippen LogP contribution in [0.25, 0.3) is 0 Å². The van der Waals surface area contributed by atoms with Gasteiger partial charge in [0.25, 0.3) is 0 Å². The Morgan fingerprint density at radius 1 is 1.33 bits per heavy atom. The van der Waals surface area contributed by atoms with Gasteiger partial charge >= 0.3 is 0 Å². The van der Waals surface area contributed by atoms with Gasteiger partial charge < -0.3 is 10.1 Å². The number of methoxy groups -OCH3 is 1. The van der Waals surface area contributed by atoms with Gasteiger partial charge in [-0.3, -0.25) is 0 Å². The fourth-order valence-corrected chi connectivity index (χ4v) is 2.00. The lowest BCUT2D eigenvalue weighted by atomic mass is 10.0. The molecule has 0 aliphatic rings. The maximum absolute atomic E-state index is 13.7. The molecule has 1 aromatic carbocycles. The highest BCUT2D eigenvalue weighted by Gasteiger charge is 2.16. The molecule has 0 radical (unpaired) electrons. The van der Waals surface area contributed by atoms with Gasteiger partial charge in [-0.15, -0.1) is 0 Å². The van der Waals surface area contributed by atoms with E-state index < -0.39 is 11.6 Å². The lowest BCUT2D eigenvalue weighted by molar-refractivity contribution is 0.146. The molecule has 18 heavy (non-hydrogen) atoms. The SMILES string of the molecule is COCC(NCc1c(F)ccc(Br)c1F)C(C)C. The van der Waals surface area contributed by atoms with Crippen LogP contribution in [-0.2, 0) is 11.3 Å². The van der Waals surface area contributed by atoms with Crippen molar-refractivity contribution in [2.24, 2.45) is 5.92 Å². The summed E-state index contributed by atoms with van der Waals surface area (Å²) in [4.78, 5) is 0. The fraction of sp³-hybridized carbons (Fsp3) is 0.538. The van der Waals surface area contributed by atoms with Crippen LogP contribution in [0.1, 0.15) is 19.4 Å². The predicted octanol–water partition coefficient (Wildman–Crippen LogP) is 3.49. The summed E-state index contributed by atoms with van der Waals surface area (Å²) in [6.45, 7) is 4.72. The number of rotatable bonds is 6. The monoisotopic (exact) mass is 321 g/mol. The van der Waals surface area contributed by atoms with E-state index in [2.05, 4.69) is 21.2 Å². The Morgan fingerprint density at radius 3 is 2.56 bits per heavy atom. The molecular formula is C13H18BrF2NO. The predicted molar refractivity (Wildman–Crippen MR) is 71.4 cm³/mol. The van der Waals surface area contributed by atoms with Gasteiger partial charge in [-0.1, -0.05) is 13.8 Å². The van der Waals surface area contributed by atoms with Gasteiger partial charge in [0, 0.05) is 25.3 Å². The molecule has 0 aromatic heterocycles. The van der Waals surface area contributed by atoms with Crippen LogP contribution in [0, 0.1) is 17.6 Å². The van der Waals surface area contributed by atoms with Crippen molar-refractivity contribution in [2.75, 3.05) is 13.7 Å². The molecule has 1 atom stereocenters. The van der Waals surface area contributed by atoms with Gasteiger partial charge in [0.05, 0.1) is 11.1 Å². The van der Waals surface area contributed by atoms with E-state index in [0.717, 1.165) is 0 Å². The molecule has 5 heteroatoms. The van der Waals surface area contributed by atoms with E-state index in [4.69, 9.17) is 4.74 Å². The van der Waals surface area contributed by atoms with Gasteiger partial charge in [0.15, 0.2) is 0 Å². The van der Waals surface area contributed by atoms with Crippen LogP contribution >= 0.6 is 15.9 Å². The normalized spacial score (nSPS) is 13.1. The van der Waals surface area contributed by atoms with Crippen molar-refractivity contribution in [1.29, 1.82) is 0 Å². The Bertz CT molecular complexity index is 399. The molecule has 102 valence electrons. The number of halogens is 3. The molecule has 0 heterocycles. The first kappa shape index (κ1) is 15.5. The summed E-state index contributed by atoms with van der Waals surface area (Å²) < 4.78 is 32.6. The summed E-state index contributed by atoms with van der Waals surface area (Å²) in [5.74, 6) is -0.770. The van der Waals surface area contributed by atoms with E-state index in [1.807, 2.05) is 13.8 Å². The summed E-state index contributed by atoms with van der Waals surface area (Å²) >= 11 is 3.05. The lowest BCUT2D eigenvalue weighted by Crippen LogP contribution is -2.37. The Morgan fingerprint density at radius 2 is 2.00 bits per heavy atom. The maximum Gasteiger partial charge on any atom is 0.144 e. The molecule has 0 aliphatic heterocycles. The zero-order chi connectivity index (χ0) is 13.7. The van der Waals surface area contributed by atoms with Gasteiger partial charge in [0.2, 0.25) is 0 Å². The molecule has 0 bridgehead atoms. The quantitative estimate of drug-likeness (QED) is 0.810. The summed E-state index contributed by atoms with van der Waals surface area (Å²) in [5.41, 5.74) is 0.0473. The zero-order valence-corrected chi connectivity index (χ0v) is 12.4. The van der Waals surface area contributed by atoms with Crippen molar-refractivity contribution in [1.82, 2.24) is 5.32 Å². The molecule has 2 nitrogen and oxygen atoms in total. The average molecular weight is 322 g/mol. The third kappa shape index (κ3) is 4.00. The van der Waals surface area contributed by atoms with E-state index in [1.165, 1.54) is 12.1 Å². The minimum Gasteiger partial charge on any atom is -0.383 e. The van der Waals surface area contributed by atoms with Crippen LogP contribution in [0.15, 0.2) is 16.6 Å². The molecule has 1 unspecified atom stereocenters. The molecule has 1 N–H and O–H groups in total. The summed E-state index contributed by atoms with van der Waals surface area (Å²) in [5, 5.41) is 3.12. The van der Waals surface area contributed by atoms with Crippen molar-refractivity contribution in [2.45, 2.75) is 26.4 Å². The number of benzene rings is 1. The highest BCUT2D eigenvalue weighted by Crippen LogP contribution is 2.21.